The summed E-state index contributed by atoms with van der Waals surface area (Å²) < 4.78 is 1.68. The molecule has 0 fully saturated rings. The molecule has 1 unspecified atom stereocenters. The predicted molar refractivity (Wildman–Crippen MR) is 73.4 cm³/mol. The standard InChI is InChI=1S/C14H14N4O2/c1-8-3-4-10(5-9(8)2)12-6-11(13(19)20)17-14-15-7-16-18(12)14/h3-7,12H,1-2H3,(H,19,20)(H,15,16,17). The molecule has 1 aliphatic rings. The molecular formula is C14H14N4O2. The van der Waals surface area contributed by atoms with Crippen molar-refractivity contribution in [2.75, 3.05) is 5.32 Å². The van der Waals surface area contributed by atoms with Gasteiger partial charge in [0.05, 0.1) is 0 Å². The van der Waals surface area contributed by atoms with Gasteiger partial charge in [0.25, 0.3) is 0 Å². The lowest BCUT2D eigenvalue weighted by Crippen LogP contribution is -2.24. The number of aromatic nitrogens is 3. The minimum absolute atomic E-state index is 0.119. The van der Waals surface area contributed by atoms with Crippen LogP contribution in [0.1, 0.15) is 22.7 Å². The Balaban J connectivity index is 2.11. The van der Waals surface area contributed by atoms with Crippen LogP contribution in [-0.4, -0.2) is 25.8 Å². The predicted octanol–water partition coefficient (Wildman–Crippen LogP) is 1.88. The molecule has 1 aromatic heterocycles. The maximum absolute atomic E-state index is 11.2. The first-order valence-electron chi connectivity index (χ1n) is 6.25. The highest BCUT2D eigenvalue weighted by atomic mass is 16.4. The summed E-state index contributed by atoms with van der Waals surface area (Å²) >= 11 is 0. The van der Waals surface area contributed by atoms with Crippen molar-refractivity contribution in [1.82, 2.24) is 14.8 Å². The Labute approximate surface area is 115 Å². The van der Waals surface area contributed by atoms with Gasteiger partial charge in [-0.3, -0.25) is 0 Å². The SMILES string of the molecule is Cc1ccc(C2C=C(C(=O)O)Nc3ncnn32)cc1C. The molecule has 0 saturated heterocycles. The molecule has 1 aliphatic heterocycles. The van der Waals surface area contributed by atoms with Crippen LogP contribution in [0.2, 0.25) is 0 Å². The van der Waals surface area contributed by atoms with Gasteiger partial charge < -0.3 is 10.4 Å². The maximum atomic E-state index is 11.2. The molecule has 0 amide bonds. The molecule has 0 saturated carbocycles. The summed E-state index contributed by atoms with van der Waals surface area (Å²) in [6.45, 7) is 4.07. The zero-order chi connectivity index (χ0) is 14.3. The van der Waals surface area contributed by atoms with E-state index in [2.05, 4.69) is 15.4 Å². The fraction of sp³-hybridized carbons (Fsp3) is 0.214. The van der Waals surface area contributed by atoms with Crippen LogP contribution in [0.5, 0.6) is 0 Å². The Morgan fingerprint density at radius 1 is 1.35 bits per heavy atom. The normalized spacial score (nSPS) is 17.1. The lowest BCUT2D eigenvalue weighted by molar-refractivity contribution is -0.132. The van der Waals surface area contributed by atoms with E-state index in [9.17, 15) is 9.90 Å². The number of hydrogen-bond acceptors (Lipinski definition) is 4. The second-order valence-corrected chi connectivity index (χ2v) is 4.83. The molecule has 0 bridgehead atoms. The highest BCUT2D eigenvalue weighted by Crippen LogP contribution is 2.29. The Morgan fingerprint density at radius 2 is 2.15 bits per heavy atom. The van der Waals surface area contributed by atoms with Crippen LogP contribution in [0.3, 0.4) is 0 Å². The van der Waals surface area contributed by atoms with Crippen molar-refractivity contribution < 1.29 is 9.90 Å². The van der Waals surface area contributed by atoms with Crippen LogP contribution in [0.4, 0.5) is 5.95 Å². The number of hydrogen-bond donors (Lipinski definition) is 2. The minimum Gasteiger partial charge on any atom is -0.477 e. The van der Waals surface area contributed by atoms with E-state index in [1.165, 1.54) is 11.9 Å². The average molecular weight is 270 g/mol. The second kappa shape index (κ2) is 4.48. The van der Waals surface area contributed by atoms with Crippen molar-refractivity contribution in [3.8, 4) is 0 Å². The topological polar surface area (TPSA) is 80.0 Å². The Bertz CT molecular complexity index is 718. The fourth-order valence-electron chi connectivity index (χ4n) is 2.24. The molecule has 20 heavy (non-hydrogen) atoms. The van der Waals surface area contributed by atoms with Crippen molar-refractivity contribution in [2.45, 2.75) is 19.9 Å². The van der Waals surface area contributed by atoms with Gasteiger partial charge in [0.1, 0.15) is 18.1 Å². The van der Waals surface area contributed by atoms with Crippen molar-refractivity contribution in [2.24, 2.45) is 0 Å². The van der Waals surface area contributed by atoms with Gasteiger partial charge in [0.2, 0.25) is 5.95 Å². The smallest absolute Gasteiger partial charge is 0.352 e. The zero-order valence-corrected chi connectivity index (χ0v) is 11.2. The van der Waals surface area contributed by atoms with Crippen molar-refractivity contribution in [1.29, 1.82) is 0 Å². The molecule has 0 spiro atoms. The van der Waals surface area contributed by atoms with Gasteiger partial charge in [0, 0.05) is 0 Å². The number of allylic oxidation sites excluding steroid dienone is 1. The van der Waals surface area contributed by atoms with E-state index in [0.717, 1.165) is 11.1 Å². The number of anilines is 1. The number of aryl methyl sites for hydroxylation is 2. The average Bonchev–Trinajstić information content (AvgIpc) is 2.89. The van der Waals surface area contributed by atoms with E-state index in [-0.39, 0.29) is 11.7 Å². The largest absolute Gasteiger partial charge is 0.477 e. The maximum Gasteiger partial charge on any atom is 0.352 e. The molecule has 1 aromatic carbocycles. The van der Waals surface area contributed by atoms with Crippen molar-refractivity contribution in [3.63, 3.8) is 0 Å². The molecule has 2 aromatic rings. The van der Waals surface area contributed by atoms with E-state index < -0.39 is 5.97 Å². The molecule has 0 radical (unpaired) electrons. The molecule has 3 rings (SSSR count). The van der Waals surface area contributed by atoms with Crippen molar-refractivity contribution >= 4 is 11.9 Å². The van der Waals surface area contributed by atoms with E-state index in [0.29, 0.717) is 5.95 Å². The highest BCUT2D eigenvalue weighted by molar-refractivity contribution is 5.90. The first kappa shape index (κ1) is 12.4. The Morgan fingerprint density at radius 3 is 2.85 bits per heavy atom. The molecule has 102 valence electrons. The number of benzene rings is 1. The number of carboxylic acids is 1. The minimum atomic E-state index is -1.01. The van der Waals surface area contributed by atoms with Gasteiger partial charge in [-0.05, 0) is 36.6 Å². The summed E-state index contributed by atoms with van der Waals surface area (Å²) in [5.41, 5.74) is 3.46. The molecule has 1 atom stereocenters. The molecule has 0 aliphatic carbocycles. The van der Waals surface area contributed by atoms with E-state index in [1.807, 2.05) is 32.0 Å². The summed E-state index contributed by atoms with van der Waals surface area (Å²) in [6, 6.07) is 5.79. The summed E-state index contributed by atoms with van der Waals surface area (Å²) in [5.74, 6) is -0.568. The number of fused-ring (bicyclic) bond motifs is 1. The van der Waals surface area contributed by atoms with Gasteiger partial charge in [-0.15, -0.1) is 0 Å². The van der Waals surface area contributed by atoms with Crippen LogP contribution in [-0.2, 0) is 4.79 Å². The quantitative estimate of drug-likeness (QED) is 0.871. The first-order chi connectivity index (χ1) is 9.56. The van der Waals surface area contributed by atoms with Crippen LogP contribution in [0.15, 0.2) is 36.3 Å². The summed E-state index contributed by atoms with van der Waals surface area (Å²) in [4.78, 5) is 15.2. The lowest BCUT2D eigenvalue weighted by Gasteiger charge is -2.23. The third-order valence-electron chi connectivity index (χ3n) is 3.51. The fourth-order valence-corrected chi connectivity index (χ4v) is 2.24. The first-order valence-corrected chi connectivity index (χ1v) is 6.25. The van der Waals surface area contributed by atoms with Gasteiger partial charge >= 0.3 is 5.97 Å². The van der Waals surface area contributed by atoms with Gasteiger partial charge in [-0.1, -0.05) is 18.2 Å². The third-order valence-corrected chi connectivity index (χ3v) is 3.51. The van der Waals surface area contributed by atoms with Crippen LogP contribution in [0.25, 0.3) is 0 Å². The third kappa shape index (κ3) is 1.95. The summed E-state index contributed by atoms with van der Waals surface area (Å²) in [5, 5.41) is 16.1. The van der Waals surface area contributed by atoms with E-state index in [1.54, 1.807) is 10.8 Å². The second-order valence-electron chi connectivity index (χ2n) is 4.83. The monoisotopic (exact) mass is 270 g/mol. The summed E-state index contributed by atoms with van der Waals surface area (Å²) in [7, 11) is 0. The molecule has 2 heterocycles. The number of nitrogens with zero attached hydrogens (tertiary/aromatic N) is 3. The zero-order valence-electron chi connectivity index (χ0n) is 11.2. The Hall–Kier alpha value is -2.63. The molecule has 6 heteroatoms. The summed E-state index contributed by atoms with van der Waals surface area (Å²) in [6.07, 6.45) is 3.06. The highest BCUT2D eigenvalue weighted by Gasteiger charge is 2.25. The van der Waals surface area contributed by atoms with Gasteiger partial charge in [-0.2, -0.15) is 10.1 Å². The number of carbonyl (C=O) groups is 1. The number of rotatable bonds is 2. The van der Waals surface area contributed by atoms with Gasteiger partial charge in [-0.25, -0.2) is 9.48 Å². The molecule has 2 N–H and O–H groups in total. The molecule has 6 nitrogen and oxygen atoms in total. The van der Waals surface area contributed by atoms with Crippen LogP contribution in [0, 0.1) is 13.8 Å². The Kier molecular flexibility index (Phi) is 2.78. The van der Waals surface area contributed by atoms with Crippen LogP contribution < -0.4 is 5.32 Å². The lowest BCUT2D eigenvalue weighted by atomic mass is 9.99. The number of carboxylic acid groups (broad SMARTS) is 1. The van der Waals surface area contributed by atoms with E-state index in [4.69, 9.17) is 0 Å². The number of nitrogens with one attached hydrogen (secondary N) is 1. The van der Waals surface area contributed by atoms with Crippen LogP contribution >= 0.6 is 0 Å². The van der Waals surface area contributed by atoms with Gasteiger partial charge in [0.15, 0.2) is 0 Å². The van der Waals surface area contributed by atoms with E-state index >= 15 is 0 Å². The molecular weight excluding hydrogens is 256 g/mol. The number of aliphatic carboxylic acids is 1. The van der Waals surface area contributed by atoms with Crippen molar-refractivity contribution in [3.05, 3.63) is 53.0 Å².